The number of hydrogen-bond acceptors (Lipinski definition) is 1. The van der Waals surface area contributed by atoms with Crippen LogP contribution in [0.5, 0.6) is 0 Å². The lowest BCUT2D eigenvalue weighted by molar-refractivity contribution is 0.495. The molecule has 4 aliphatic carbocycles. The van der Waals surface area contributed by atoms with Crippen molar-refractivity contribution in [3.05, 3.63) is 154 Å². The Labute approximate surface area is 254 Å². The van der Waals surface area contributed by atoms with Crippen molar-refractivity contribution in [3.63, 3.8) is 0 Å². The summed E-state index contributed by atoms with van der Waals surface area (Å²) in [6.45, 7) is 2.46. The van der Waals surface area contributed by atoms with Crippen molar-refractivity contribution >= 4 is 28.7 Å². The van der Waals surface area contributed by atoms with Crippen LogP contribution in [0.1, 0.15) is 48.6 Å². The highest BCUT2D eigenvalue weighted by atomic mass is 15.2. The van der Waals surface area contributed by atoms with Gasteiger partial charge in [0.1, 0.15) is 0 Å². The van der Waals surface area contributed by atoms with Gasteiger partial charge in [-0.2, -0.15) is 0 Å². The minimum atomic E-state index is -0.0154. The monoisotopic (exact) mass is 556 g/mol. The van der Waals surface area contributed by atoms with Crippen LogP contribution in [0.4, 0.5) is 5.69 Å². The Hall–Kier alpha value is -4.56. The van der Waals surface area contributed by atoms with E-state index in [-0.39, 0.29) is 5.41 Å². The number of allylic oxidation sites excluding steroid dienone is 6. The van der Waals surface area contributed by atoms with Gasteiger partial charge in [0.15, 0.2) is 0 Å². The van der Waals surface area contributed by atoms with Crippen LogP contribution in [-0.4, -0.2) is 16.7 Å². The number of rotatable bonds is 3. The third-order valence-electron chi connectivity index (χ3n) is 10.6. The van der Waals surface area contributed by atoms with E-state index in [9.17, 15) is 0 Å². The molecule has 3 aromatic carbocycles. The van der Waals surface area contributed by atoms with Gasteiger partial charge in [-0.15, -0.1) is 0 Å². The molecule has 5 aliphatic rings. The van der Waals surface area contributed by atoms with E-state index in [4.69, 9.17) is 0 Å². The summed E-state index contributed by atoms with van der Waals surface area (Å²) in [4.78, 5) is 2.72. The Balaban J connectivity index is 1.13. The lowest BCUT2D eigenvalue weighted by Gasteiger charge is -2.35. The summed E-state index contributed by atoms with van der Waals surface area (Å²) in [5.74, 6) is 0. The maximum absolute atomic E-state index is 2.72. The zero-order valence-electron chi connectivity index (χ0n) is 24.7. The number of aromatic nitrogens is 1. The number of hydrogen-bond donors (Lipinski definition) is 0. The second-order valence-electron chi connectivity index (χ2n) is 12.9. The van der Waals surface area contributed by atoms with E-state index in [1.165, 1.54) is 55.8 Å². The van der Waals surface area contributed by atoms with Gasteiger partial charge >= 0.3 is 0 Å². The largest absolute Gasteiger partial charge is 0.357 e. The van der Waals surface area contributed by atoms with Gasteiger partial charge in [-0.05, 0) is 103 Å². The second kappa shape index (κ2) is 9.47. The van der Waals surface area contributed by atoms with Crippen molar-refractivity contribution in [1.29, 1.82) is 0 Å². The number of anilines is 1. The Morgan fingerprint density at radius 2 is 1.72 bits per heavy atom. The zero-order valence-corrected chi connectivity index (χ0v) is 24.7. The topological polar surface area (TPSA) is 8.17 Å². The van der Waals surface area contributed by atoms with Crippen molar-refractivity contribution in [3.8, 4) is 5.69 Å². The molecular weight excluding hydrogens is 520 g/mol. The van der Waals surface area contributed by atoms with Crippen LogP contribution in [0.25, 0.3) is 28.7 Å². The highest BCUT2D eigenvalue weighted by Crippen LogP contribution is 2.53. The van der Waals surface area contributed by atoms with Gasteiger partial charge in [0.05, 0.1) is 17.6 Å². The summed E-state index contributed by atoms with van der Waals surface area (Å²) in [6.07, 6.45) is 27.0. The molecule has 0 N–H and O–H groups in total. The lowest BCUT2D eigenvalue weighted by Crippen LogP contribution is -2.39. The van der Waals surface area contributed by atoms with E-state index in [1.54, 1.807) is 5.57 Å². The maximum atomic E-state index is 2.72. The van der Waals surface area contributed by atoms with E-state index >= 15 is 0 Å². The van der Waals surface area contributed by atoms with Crippen molar-refractivity contribution in [1.82, 2.24) is 4.57 Å². The molecule has 1 aliphatic heterocycles. The average molecular weight is 557 g/mol. The average Bonchev–Trinajstić information content (AvgIpc) is 3.53. The lowest BCUT2D eigenvalue weighted by atomic mass is 9.72. The molecule has 2 heteroatoms. The van der Waals surface area contributed by atoms with E-state index in [0.29, 0.717) is 12.1 Å². The van der Waals surface area contributed by atoms with Crippen LogP contribution in [0.15, 0.2) is 132 Å². The summed E-state index contributed by atoms with van der Waals surface area (Å²) in [5.41, 5.74) is 14.1. The number of aryl methyl sites for hydroxylation is 1. The minimum absolute atomic E-state index is 0.0154. The third-order valence-corrected chi connectivity index (χ3v) is 10.6. The van der Waals surface area contributed by atoms with Gasteiger partial charge in [0.25, 0.3) is 0 Å². The van der Waals surface area contributed by atoms with Crippen molar-refractivity contribution < 1.29 is 0 Å². The van der Waals surface area contributed by atoms with Crippen LogP contribution >= 0.6 is 0 Å². The summed E-state index contributed by atoms with van der Waals surface area (Å²) in [7, 11) is 0. The smallest absolute Gasteiger partial charge is 0.0609 e. The molecule has 2 nitrogen and oxygen atoms in total. The molecule has 0 radical (unpaired) electrons. The Morgan fingerprint density at radius 1 is 0.837 bits per heavy atom. The summed E-state index contributed by atoms with van der Waals surface area (Å²) < 4.78 is 2.48. The highest BCUT2D eigenvalue weighted by Gasteiger charge is 2.51. The first-order valence-corrected chi connectivity index (χ1v) is 15.9. The number of fused-ring (bicyclic) bond motifs is 7. The van der Waals surface area contributed by atoms with Crippen molar-refractivity contribution in [2.75, 3.05) is 4.90 Å². The van der Waals surface area contributed by atoms with E-state index in [1.807, 2.05) is 0 Å². The molecule has 9 rings (SSSR count). The first kappa shape index (κ1) is 25.0. The molecule has 4 aromatic rings. The Morgan fingerprint density at radius 3 is 2.65 bits per heavy atom. The molecule has 0 spiro atoms. The van der Waals surface area contributed by atoms with Crippen LogP contribution in [0.3, 0.4) is 0 Å². The third kappa shape index (κ3) is 3.72. The van der Waals surface area contributed by atoms with Gasteiger partial charge in [0.2, 0.25) is 0 Å². The van der Waals surface area contributed by atoms with Crippen LogP contribution in [0, 0.1) is 5.41 Å². The predicted octanol–water partition coefficient (Wildman–Crippen LogP) is 9.57. The molecule has 1 saturated heterocycles. The van der Waals surface area contributed by atoms with Crippen LogP contribution < -0.4 is 4.90 Å². The predicted molar refractivity (Wildman–Crippen MR) is 181 cm³/mol. The molecule has 3 atom stereocenters. The molecule has 1 aromatic heterocycles. The summed E-state index contributed by atoms with van der Waals surface area (Å²) >= 11 is 0. The molecule has 210 valence electrons. The molecule has 43 heavy (non-hydrogen) atoms. The van der Waals surface area contributed by atoms with Crippen LogP contribution in [0.2, 0.25) is 0 Å². The Kier molecular flexibility index (Phi) is 5.50. The van der Waals surface area contributed by atoms with Crippen molar-refractivity contribution in [2.45, 2.75) is 51.1 Å². The number of nitrogens with zero attached hydrogens (tertiary/aromatic N) is 2. The van der Waals surface area contributed by atoms with E-state index in [0.717, 1.165) is 32.1 Å². The molecular formula is C41H36N2. The van der Waals surface area contributed by atoms with Gasteiger partial charge in [-0.25, -0.2) is 0 Å². The first-order chi connectivity index (χ1) is 21.2. The maximum Gasteiger partial charge on any atom is 0.0609 e. The van der Waals surface area contributed by atoms with Gasteiger partial charge in [-0.1, -0.05) is 91.1 Å². The molecule has 0 bridgehead atoms. The van der Waals surface area contributed by atoms with E-state index in [2.05, 4.69) is 144 Å². The first-order valence-electron chi connectivity index (χ1n) is 15.9. The minimum Gasteiger partial charge on any atom is -0.357 e. The SMILES string of the molecule is CC12C=CC=CC1N(c1ccc3c(c1)CCC=C3)C1CC=C(C3=Cc4c(n(-c5ccccc5)c5ccccc45)CC3)C=C12. The fraction of sp³-hybridized carbons (Fsp3) is 0.220. The standard InChI is InChI=1S/C41H36N2/c1-41-24-10-9-17-40(41)43(33-21-18-28-11-5-6-12-29(28)25-33)39-23-20-31(27-36(39)41)30-19-22-38-35(26-30)34-15-7-8-16-37(34)42(38)32-13-3-2-4-14-32/h2-5,7-11,13-18,20-21,24-27,39-40H,6,12,19,22-23H2,1H3. The van der Waals surface area contributed by atoms with Gasteiger partial charge in [-0.3, -0.25) is 0 Å². The normalized spacial score (nSPS) is 25.0. The van der Waals surface area contributed by atoms with E-state index < -0.39 is 0 Å². The fourth-order valence-corrected chi connectivity index (χ4v) is 8.50. The van der Waals surface area contributed by atoms with Crippen molar-refractivity contribution in [2.24, 2.45) is 5.41 Å². The summed E-state index contributed by atoms with van der Waals surface area (Å²) in [6, 6.07) is 27.6. The molecule has 0 saturated carbocycles. The quantitative estimate of drug-likeness (QED) is 0.244. The number of para-hydroxylation sites is 2. The molecule has 1 fully saturated rings. The highest BCUT2D eigenvalue weighted by molar-refractivity contribution is 5.94. The molecule has 2 heterocycles. The van der Waals surface area contributed by atoms with Gasteiger partial charge < -0.3 is 9.47 Å². The van der Waals surface area contributed by atoms with Gasteiger partial charge in [0, 0.05) is 33.4 Å². The zero-order chi connectivity index (χ0) is 28.5. The summed E-state index contributed by atoms with van der Waals surface area (Å²) in [5, 5.41) is 1.35. The van der Waals surface area contributed by atoms with Crippen LogP contribution in [-0.2, 0) is 12.8 Å². The second-order valence-corrected chi connectivity index (χ2v) is 12.9. The fourth-order valence-electron chi connectivity index (χ4n) is 8.50. The molecule has 3 unspecified atom stereocenters. The number of benzene rings is 3. The Bertz CT molecular complexity index is 1970. The molecule has 0 amide bonds.